The summed E-state index contributed by atoms with van der Waals surface area (Å²) < 4.78 is 13.3. The summed E-state index contributed by atoms with van der Waals surface area (Å²) in [6.07, 6.45) is 0. The summed E-state index contributed by atoms with van der Waals surface area (Å²) >= 11 is 0. The summed E-state index contributed by atoms with van der Waals surface area (Å²) in [5.41, 5.74) is 23.8. The van der Waals surface area contributed by atoms with Crippen LogP contribution in [0, 0.1) is 0 Å². The Bertz CT molecular complexity index is 4270. The summed E-state index contributed by atoms with van der Waals surface area (Å²) in [5.74, 6) is 3.57. The first-order valence-corrected chi connectivity index (χ1v) is 26.6. The fraction of sp³-hybridized carbons (Fsp3) is 0.0270. The minimum absolute atomic E-state index is 0.521. The Morgan fingerprint density at radius 1 is 0.221 bits per heavy atom. The Labute approximate surface area is 448 Å². The molecule has 4 aliphatic rings. The van der Waals surface area contributed by atoms with E-state index >= 15 is 0 Å². The van der Waals surface area contributed by atoms with E-state index in [1.165, 1.54) is 72.3 Å². The van der Waals surface area contributed by atoms with Gasteiger partial charge in [-0.2, -0.15) is 0 Å². The van der Waals surface area contributed by atoms with Crippen molar-refractivity contribution in [2.75, 3.05) is 4.90 Å². The zero-order valence-corrected chi connectivity index (χ0v) is 41.9. The number of ether oxygens (including phenoxy) is 2. The van der Waals surface area contributed by atoms with Crippen LogP contribution in [0.15, 0.2) is 285 Å². The van der Waals surface area contributed by atoms with E-state index in [0.717, 1.165) is 67.9 Å². The van der Waals surface area contributed by atoms with E-state index in [9.17, 15) is 0 Å². The topological polar surface area (TPSA) is 21.7 Å². The molecule has 77 heavy (non-hydrogen) atoms. The maximum atomic E-state index is 6.68. The van der Waals surface area contributed by atoms with Crippen molar-refractivity contribution in [1.29, 1.82) is 0 Å². The lowest BCUT2D eigenvalue weighted by Gasteiger charge is -2.39. The molecule has 0 radical (unpaired) electrons. The number of nitrogens with zero attached hydrogens (tertiary/aromatic N) is 1. The third-order valence-corrected chi connectivity index (χ3v) is 16.8. The lowest BCUT2D eigenvalue weighted by atomic mass is 9.66. The molecule has 2 aliphatic carbocycles. The highest BCUT2D eigenvalue weighted by molar-refractivity contribution is 5.98. The zero-order valence-electron chi connectivity index (χ0n) is 41.9. The number of para-hydroxylation sites is 4. The monoisotopic (exact) mass is 981 g/mol. The molecule has 3 heteroatoms. The van der Waals surface area contributed by atoms with Crippen LogP contribution < -0.4 is 14.4 Å². The SMILES string of the molecule is c1ccc(-c2ccc(N(c3cccc(-c4ccc5c(c4)-c4ccccc4C54c5ccccc5Oc5ccccc54)c3)c3cccc(-c4cccc5c4-c4ccccc4C54c5ccccc5Oc5ccccc54)c3)cc2)cc1. The number of rotatable bonds is 6. The number of benzene rings is 12. The van der Waals surface area contributed by atoms with Crippen LogP contribution in [0.4, 0.5) is 17.1 Å². The predicted molar refractivity (Wildman–Crippen MR) is 312 cm³/mol. The van der Waals surface area contributed by atoms with Crippen LogP contribution in [-0.4, -0.2) is 0 Å². The second-order valence-corrected chi connectivity index (χ2v) is 20.6. The Morgan fingerprint density at radius 3 is 1.22 bits per heavy atom. The smallest absolute Gasteiger partial charge is 0.132 e. The Morgan fingerprint density at radius 2 is 0.610 bits per heavy atom. The van der Waals surface area contributed by atoms with Crippen LogP contribution in [0.25, 0.3) is 55.6 Å². The fourth-order valence-electron chi connectivity index (χ4n) is 13.7. The first kappa shape index (κ1) is 43.4. The average Bonchev–Trinajstić information content (AvgIpc) is 4.19. The van der Waals surface area contributed by atoms with Gasteiger partial charge in [-0.3, -0.25) is 0 Å². The van der Waals surface area contributed by atoms with Gasteiger partial charge in [0.25, 0.3) is 0 Å². The molecule has 12 aromatic carbocycles. The van der Waals surface area contributed by atoms with Gasteiger partial charge in [-0.25, -0.2) is 0 Å². The maximum absolute atomic E-state index is 6.68. The van der Waals surface area contributed by atoms with Crippen molar-refractivity contribution in [2.24, 2.45) is 0 Å². The minimum atomic E-state index is -0.558. The molecule has 16 rings (SSSR count). The van der Waals surface area contributed by atoms with Gasteiger partial charge >= 0.3 is 0 Å². The van der Waals surface area contributed by atoms with Gasteiger partial charge in [0, 0.05) is 39.3 Å². The van der Waals surface area contributed by atoms with Crippen LogP contribution in [-0.2, 0) is 10.8 Å². The molecule has 0 amide bonds. The van der Waals surface area contributed by atoms with E-state index in [-0.39, 0.29) is 0 Å². The molecule has 2 heterocycles. The van der Waals surface area contributed by atoms with Crippen LogP contribution >= 0.6 is 0 Å². The van der Waals surface area contributed by atoms with Crippen molar-refractivity contribution in [2.45, 2.75) is 10.8 Å². The minimum Gasteiger partial charge on any atom is -0.457 e. The van der Waals surface area contributed by atoms with E-state index in [0.29, 0.717) is 0 Å². The molecular weight excluding hydrogens is 935 g/mol. The molecule has 0 aromatic heterocycles. The average molecular weight is 982 g/mol. The summed E-state index contributed by atoms with van der Waals surface area (Å²) in [6.45, 7) is 0. The standard InChI is InChI=1S/C74H47NO2/c1-2-19-48(20-3-1)49-39-42-53(43-40-49)75(54-23-16-21-50(45-54)51-41-44-62-59(47-51)57-25-4-6-28-60(57)73(62)63-30-8-12-35-68(63)76-69-36-13-9-31-64(69)73)55-24-17-22-52(46-55)56-27-18-34-67-72(56)58-26-5-7-29-61(58)74(67)65-32-10-14-37-70(65)77-71-38-15-11-33-66(71)74/h1-47H. The van der Waals surface area contributed by atoms with E-state index in [2.05, 4.69) is 290 Å². The first-order valence-electron chi connectivity index (χ1n) is 26.6. The second kappa shape index (κ2) is 16.8. The van der Waals surface area contributed by atoms with Crippen molar-refractivity contribution in [3.8, 4) is 78.6 Å². The van der Waals surface area contributed by atoms with E-state index in [4.69, 9.17) is 9.47 Å². The quantitative estimate of drug-likeness (QED) is 0.166. The van der Waals surface area contributed by atoms with Gasteiger partial charge in [0.15, 0.2) is 0 Å². The first-order chi connectivity index (χ1) is 38.2. The summed E-state index contributed by atoms with van der Waals surface area (Å²) in [7, 11) is 0. The van der Waals surface area contributed by atoms with Crippen LogP contribution in [0.2, 0.25) is 0 Å². The summed E-state index contributed by atoms with van der Waals surface area (Å²) in [5, 5.41) is 0. The molecule has 2 spiro atoms. The van der Waals surface area contributed by atoms with Crippen molar-refractivity contribution in [3.63, 3.8) is 0 Å². The molecule has 0 atom stereocenters. The number of anilines is 3. The van der Waals surface area contributed by atoms with Crippen LogP contribution in [0.3, 0.4) is 0 Å². The van der Waals surface area contributed by atoms with Gasteiger partial charge in [-0.1, -0.05) is 218 Å². The van der Waals surface area contributed by atoms with Gasteiger partial charge in [-0.05, 0) is 145 Å². The lowest BCUT2D eigenvalue weighted by molar-refractivity contribution is 0.436. The molecule has 0 saturated carbocycles. The van der Waals surface area contributed by atoms with Crippen molar-refractivity contribution < 1.29 is 9.47 Å². The van der Waals surface area contributed by atoms with E-state index in [1.807, 2.05) is 0 Å². The number of fused-ring (bicyclic) bond motifs is 18. The van der Waals surface area contributed by atoms with Gasteiger partial charge in [0.2, 0.25) is 0 Å². The molecule has 0 bridgehead atoms. The Kier molecular flexibility index (Phi) is 9.47. The highest BCUT2D eigenvalue weighted by Crippen LogP contribution is 2.65. The van der Waals surface area contributed by atoms with Gasteiger partial charge in [0.1, 0.15) is 23.0 Å². The van der Waals surface area contributed by atoms with E-state index in [1.54, 1.807) is 0 Å². The maximum Gasteiger partial charge on any atom is 0.132 e. The van der Waals surface area contributed by atoms with Crippen molar-refractivity contribution >= 4 is 17.1 Å². The van der Waals surface area contributed by atoms with Gasteiger partial charge in [0.05, 0.1) is 10.8 Å². The molecule has 0 fully saturated rings. The largest absolute Gasteiger partial charge is 0.457 e. The third-order valence-electron chi connectivity index (χ3n) is 16.8. The lowest BCUT2D eigenvalue weighted by Crippen LogP contribution is -2.32. The zero-order chi connectivity index (χ0) is 50.7. The molecule has 360 valence electrons. The molecule has 0 N–H and O–H groups in total. The van der Waals surface area contributed by atoms with Crippen molar-refractivity contribution in [3.05, 3.63) is 330 Å². The number of hydrogen-bond donors (Lipinski definition) is 0. The molecule has 0 unspecified atom stereocenters. The predicted octanol–water partition coefficient (Wildman–Crippen LogP) is 19.1. The summed E-state index contributed by atoms with van der Waals surface area (Å²) in [6, 6.07) is 104. The molecular formula is C74H47NO2. The summed E-state index contributed by atoms with van der Waals surface area (Å²) in [4.78, 5) is 2.42. The fourth-order valence-corrected chi connectivity index (χ4v) is 13.7. The Hall–Kier alpha value is -9.96. The Balaban J connectivity index is 0.855. The molecule has 2 aliphatic heterocycles. The highest BCUT2D eigenvalue weighted by atomic mass is 16.5. The van der Waals surface area contributed by atoms with Gasteiger partial charge < -0.3 is 14.4 Å². The second-order valence-electron chi connectivity index (χ2n) is 20.6. The third kappa shape index (κ3) is 6.20. The normalized spacial score (nSPS) is 13.9. The molecule has 12 aromatic rings. The van der Waals surface area contributed by atoms with Gasteiger partial charge in [-0.15, -0.1) is 0 Å². The molecule has 3 nitrogen and oxygen atoms in total. The van der Waals surface area contributed by atoms with Crippen LogP contribution in [0.1, 0.15) is 44.5 Å². The van der Waals surface area contributed by atoms with Crippen LogP contribution in [0.5, 0.6) is 23.0 Å². The number of hydrogen-bond acceptors (Lipinski definition) is 3. The highest BCUT2D eigenvalue weighted by Gasteiger charge is 2.53. The van der Waals surface area contributed by atoms with E-state index < -0.39 is 10.8 Å². The van der Waals surface area contributed by atoms with Crippen molar-refractivity contribution in [1.82, 2.24) is 0 Å². The molecule has 0 saturated heterocycles.